The molecule has 0 amide bonds. The van der Waals surface area contributed by atoms with Gasteiger partial charge < -0.3 is 9.73 Å². The molecule has 0 aliphatic rings. The maximum Gasteiger partial charge on any atom is 0.419 e. The number of hydrogen-bond donors (Lipinski definition) is 1. The van der Waals surface area contributed by atoms with Gasteiger partial charge in [-0.05, 0) is 18.2 Å². The van der Waals surface area contributed by atoms with Crippen LogP contribution in [-0.2, 0) is 7.05 Å². The first-order valence-electron chi connectivity index (χ1n) is 4.12. The zero-order chi connectivity index (χ0) is 10.1. The zero-order valence-electron chi connectivity index (χ0n) is 7.58. The quantitative estimate of drug-likeness (QED) is 0.609. The molecule has 1 aromatic carbocycles. The first kappa shape index (κ1) is 9.15. The topological polar surface area (TPSA) is 47.2 Å². The Morgan fingerprint density at radius 2 is 2.36 bits per heavy atom. The second kappa shape index (κ2) is 3.38. The Morgan fingerprint density at radius 1 is 1.57 bits per heavy atom. The van der Waals surface area contributed by atoms with Crippen molar-refractivity contribution in [3.05, 3.63) is 28.7 Å². The highest BCUT2D eigenvalue weighted by atomic mass is 35.5. The Kier molecular flexibility index (Phi) is 2.21. The summed E-state index contributed by atoms with van der Waals surface area (Å²) in [6, 6.07) is 5.71. The molecule has 5 heteroatoms. The number of nitrogens with zero attached hydrogens (tertiary/aromatic N) is 1. The molecule has 0 bridgehead atoms. The van der Waals surface area contributed by atoms with E-state index in [1.54, 1.807) is 13.1 Å². The predicted molar refractivity (Wildman–Crippen MR) is 55.8 cm³/mol. The number of fused-ring (bicyclic) bond motifs is 1. The highest BCUT2D eigenvalue weighted by molar-refractivity contribution is 6.18. The molecule has 0 spiro atoms. The number of rotatable bonds is 2. The summed E-state index contributed by atoms with van der Waals surface area (Å²) in [5, 5.41) is 2.94. The minimum Gasteiger partial charge on any atom is -0.408 e. The SMILES string of the molecule is Cn1c(=O)oc2ccc(NCCl)cc21. The second-order valence-corrected chi connectivity index (χ2v) is 3.19. The zero-order valence-corrected chi connectivity index (χ0v) is 8.34. The lowest BCUT2D eigenvalue weighted by Crippen LogP contribution is -2.08. The van der Waals surface area contributed by atoms with Crippen LogP contribution in [0.25, 0.3) is 11.1 Å². The van der Waals surface area contributed by atoms with E-state index in [1.807, 2.05) is 12.1 Å². The molecule has 0 aliphatic carbocycles. The Bertz CT molecular complexity index is 515. The van der Waals surface area contributed by atoms with Crippen molar-refractivity contribution < 1.29 is 4.42 Å². The fraction of sp³-hybridized carbons (Fsp3) is 0.222. The summed E-state index contributed by atoms with van der Waals surface area (Å²) in [4.78, 5) is 11.2. The van der Waals surface area contributed by atoms with Crippen LogP contribution in [0, 0.1) is 0 Å². The van der Waals surface area contributed by atoms with Crippen molar-refractivity contribution in [3.8, 4) is 0 Å². The summed E-state index contributed by atoms with van der Waals surface area (Å²) in [7, 11) is 1.67. The molecule has 0 saturated heterocycles. The van der Waals surface area contributed by atoms with Gasteiger partial charge in [0.25, 0.3) is 0 Å². The first-order valence-corrected chi connectivity index (χ1v) is 4.65. The van der Waals surface area contributed by atoms with Gasteiger partial charge in [-0.15, -0.1) is 11.6 Å². The normalized spacial score (nSPS) is 10.7. The lowest BCUT2D eigenvalue weighted by atomic mass is 10.3. The van der Waals surface area contributed by atoms with Crippen molar-refractivity contribution in [1.82, 2.24) is 4.57 Å². The van der Waals surface area contributed by atoms with Crippen molar-refractivity contribution in [2.45, 2.75) is 0 Å². The molecule has 2 aromatic rings. The summed E-state index contributed by atoms with van der Waals surface area (Å²) in [5.74, 6) is -0.358. The van der Waals surface area contributed by atoms with Crippen LogP contribution in [0.3, 0.4) is 0 Å². The fourth-order valence-corrected chi connectivity index (χ4v) is 1.47. The van der Waals surface area contributed by atoms with E-state index in [1.165, 1.54) is 4.57 Å². The molecule has 0 radical (unpaired) electrons. The molecule has 1 heterocycles. The van der Waals surface area contributed by atoms with E-state index in [2.05, 4.69) is 5.32 Å². The van der Waals surface area contributed by atoms with Crippen LogP contribution in [0.5, 0.6) is 0 Å². The van der Waals surface area contributed by atoms with Crippen molar-refractivity contribution in [1.29, 1.82) is 0 Å². The van der Waals surface area contributed by atoms with Gasteiger partial charge in [0.1, 0.15) is 0 Å². The molecule has 4 nitrogen and oxygen atoms in total. The van der Waals surface area contributed by atoms with E-state index in [0.29, 0.717) is 11.6 Å². The summed E-state index contributed by atoms with van der Waals surface area (Å²) in [6.45, 7) is 0. The minimum atomic E-state index is -0.358. The average Bonchev–Trinajstić information content (AvgIpc) is 2.45. The fourth-order valence-electron chi connectivity index (χ4n) is 1.31. The highest BCUT2D eigenvalue weighted by Gasteiger charge is 2.05. The van der Waals surface area contributed by atoms with Crippen LogP contribution in [0.4, 0.5) is 5.69 Å². The largest absolute Gasteiger partial charge is 0.419 e. The number of aromatic nitrogens is 1. The molecular weight excluding hydrogens is 204 g/mol. The van der Waals surface area contributed by atoms with Gasteiger partial charge >= 0.3 is 5.76 Å². The molecule has 0 fully saturated rings. The molecule has 0 saturated carbocycles. The Hall–Kier alpha value is -1.42. The van der Waals surface area contributed by atoms with E-state index in [4.69, 9.17) is 16.0 Å². The van der Waals surface area contributed by atoms with E-state index >= 15 is 0 Å². The lowest BCUT2D eigenvalue weighted by Gasteiger charge is -2.00. The number of anilines is 1. The standard InChI is InChI=1S/C9H9ClN2O2/c1-12-7-4-6(11-5-10)2-3-8(7)14-9(12)13/h2-4,11H,5H2,1H3. The molecule has 0 atom stereocenters. The van der Waals surface area contributed by atoms with E-state index in [9.17, 15) is 4.79 Å². The summed E-state index contributed by atoms with van der Waals surface area (Å²) < 4.78 is 6.43. The maximum absolute atomic E-state index is 11.2. The number of nitrogens with one attached hydrogen (secondary N) is 1. The predicted octanol–water partition coefficient (Wildman–Crippen LogP) is 1.74. The summed E-state index contributed by atoms with van der Waals surface area (Å²) in [5.41, 5.74) is 2.20. The lowest BCUT2D eigenvalue weighted by molar-refractivity contribution is 0.528. The van der Waals surface area contributed by atoms with Crippen LogP contribution in [-0.4, -0.2) is 10.6 Å². The number of oxazole rings is 1. The van der Waals surface area contributed by atoms with Gasteiger partial charge in [-0.2, -0.15) is 0 Å². The van der Waals surface area contributed by atoms with Crippen LogP contribution in [0.15, 0.2) is 27.4 Å². The summed E-state index contributed by atoms with van der Waals surface area (Å²) >= 11 is 5.53. The van der Waals surface area contributed by atoms with Gasteiger partial charge in [0, 0.05) is 12.7 Å². The number of benzene rings is 1. The maximum atomic E-state index is 11.2. The van der Waals surface area contributed by atoms with E-state index in [0.717, 1.165) is 11.2 Å². The third kappa shape index (κ3) is 1.37. The number of hydrogen-bond acceptors (Lipinski definition) is 3. The van der Waals surface area contributed by atoms with Crippen molar-refractivity contribution in [3.63, 3.8) is 0 Å². The van der Waals surface area contributed by atoms with Crippen molar-refractivity contribution >= 4 is 28.4 Å². The number of alkyl halides is 1. The van der Waals surface area contributed by atoms with Crippen molar-refractivity contribution in [2.75, 3.05) is 11.3 Å². The van der Waals surface area contributed by atoms with Gasteiger partial charge in [-0.25, -0.2) is 4.79 Å². The Morgan fingerprint density at radius 3 is 3.07 bits per heavy atom. The molecule has 14 heavy (non-hydrogen) atoms. The summed E-state index contributed by atoms with van der Waals surface area (Å²) in [6.07, 6.45) is 0. The van der Waals surface area contributed by atoms with Gasteiger partial charge in [0.2, 0.25) is 0 Å². The van der Waals surface area contributed by atoms with E-state index < -0.39 is 0 Å². The highest BCUT2D eigenvalue weighted by Crippen LogP contribution is 2.17. The van der Waals surface area contributed by atoms with Crippen LogP contribution in [0.1, 0.15) is 0 Å². The van der Waals surface area contributed by atoms with Gasteiger partial charge in [-0.1, -0.05) is 0 Å². The molecule has 1 N–H and O–H groups in total. The van der Waals surface area contributed by atoms with Crippen LogP contribution < -0.4 is 11.1 Å². The smallest absolute Gasteiger partial charge is 0.408 e. The Balaban J connectivity index is 2.63. The van der Waals surface area contributed by atoms with Crippen LogP contribution in [0.2, 0.25) is 0 Å². The third-order valence-corrected chi connectivity index (χ3v) is 2.20. The molecule has 0 aliphatic heterocycles. The molecule has 74 valence electrons. The van der Waals surface area contributed by atoms with Gasteiger partial charge in [0.05, 0.1) is 11.5 Å². The molecule has 1 aromatic heterocycles. The minimum absolute atomic E-state index is 0.331. The molecule has 2 rings (SSSR count). The molecule has 0 unspecified atom stereocenters. The monoisotopic (exact) mass is 212 g/mol. The first-order chi connectivity index (χ1) is 6.72. The van der Waals surface area contributed by atoms with Gasteiger partial charge in [-0.3, -0.25) is 4.57 Å². The van der Waals surface area contributed by atoms with Crippen LogP contribution >= 0.6 is 11.6 Å². The van der Waals surface area contributed by atoms with E-state index in [-0.39, 0.29) is 5.76 Å². The average molecular weight is 213 g/mol. The van der Waals surface area contributed by atoms with Crippen molar-refractivity contribution in [2.24, 2.45) is 7.05 Å². The second-order valence-electron chi connectivity index (χ2n) is 2.92. The number of halogens is 1. The number of aryl methyl sites for hydroxylation is 1. The van der Waals surface area contributed by atoms with Gasteiger partial charge in [0.15, 0.2) is 5.58 Å². The Labute approximate surface area is 85.1 Å². The molecular formula is C9H9ClN2O2. The third-order valence-electron chi connectivity index (χ3n) is 2.06.